The first-order chi connectivity index (χ1) is 3.81. The first kappa shape index (κ1) is 7.92. The molecule has 0 aliphatic heterocycles. The molecule has 2 heteroatoms. The van der Waals surface area contributed by atoms with Crippen LogP contribution in [0.2, 0.25) is 0 Å². The molecule has 0 saturated carbocycles. The van der Waals surface area contributed by atoms with Gasteiger partial charge in [-0.15, -0.1) is 0 Å². The third-order valence-electron chi connectivity index (χ3n) is 1.03. The van der Waals surface area contributed by atoms with E-state index in [0.717, 1.165) is 6.67 Å². The van der Waals surface area contributed by atoms with E-state index in [4.69, 9.17) is 0 Å². The Kier molecular flexibility index (Phi) is 5.01. The highest BCUT2D eigenvalue weighted by Gasteiger charge is 1.89. The van der Waals surface area contributed by atoms with Gasteiger partial charge in [-0.3, -0.25) is 4.90 Å². The predicted octanol–water partition coefficient (Wildman–Crippen LogP) is 0.505. The Hall–Kier alpha value is -0.0800. The lowest BCUT2D eigenvalue weighted by Crippen LogP contribution is -2.28. The predicted molar refractivity (Wildman–Crippen MR) is 36.8 cm³/mol. The van der Waals surface area contributed by atoms with Gasteiger partial charge in [-0.1, -0.05) is 6.92 Å². The van der Waals surface area contributed by atoms with Crippen LogP contribution in [-0.4, -0.2) is 32.2 Å². The van der Waals surface area contributed by atoms with Crippen LogP contribution in [0.5, 0.6) is 0 Å². The van der Waals surface area contributed by atoms with Crippen molar-refractivity contribution in [1.29, 1.82) is 0 Å². The van der Waals surface area contributed by atoms with E-state index in [1.165, 1.54) is 13.0 Å². The highest BCUT2D eigenvalue weighted by Crippen LogP contribution is 1.80. The van der Waals surface area contributed by atoms with E-state index in [-0.39, 0.29) is 0 Å². The lowest BCUT2D eigenvalue weighted by molar-refractivity contribution is 0.318. The SMILES string of the molecule is CCCN(C)CNC. The fourth-order valence-electron chi connectivity index (χ4n) is 0.731. The van der Waals surface area contributed by atoms with Crippen LogP contribution < -0.4 is 5.32 Å². The molecule has 1 N–H and O–H groups in total. The van der Waals surface area contributed by atoms with Crippen LogP contribution in [0, 0.1) is 0 Å². The molecular weight excluding hydrogens is 100 g/mol. The fraction of sp³-hybridized carbons (Fsp3) is 1.00. The number of nitrogens with one attached hydrogen (secondary N) is 1. The molecule has 0 bridgehead atoms. The molecule has 0 rings (SSSR count). The van der Waals surface area contributed by atoms with Crippen molar-refractivity contribution in [2.45, 2.75) is 13.3 Å². The maximum absolute atomic E-state index is 3.08. The summed E-state index contributed by atoms with van der Waals surface area (Å²) in [6, 6.07) is 0. The molecule has 0 heterocycles. The Morgan fingerprint density at radius 1 is 1.50 bits per heavy atom. The Bertz CT molecular complexity index is 39.8. The van der Waals surface area contributed by atoms with Gasteiger partial charge in [0.15, 0.2) is 0 Å². The molecule has 0 aromatic heterocycles. The summed E-state index contributed by atoms with van der Waals surface area (Å²) in [4.78, 5) is 2.25. The molecule has 0 aliphatic rings. The van der Waals surface area contributed by atoms with Crippen LogP contribution in [0.1, 0.15) is 13.3 Å². The van der Waals surface area contributed by atoms with Gasteiger partial charge in [-0.2, -0.15) is 0 Å². The van der Waals surface area contributed by atoms with E-state index in [1.807, 2.05) is 7.05 Å². The minimum atomic E-state index is 0.994. The van der Waals surface area contributed by atoms with E-state index < -0.39 is 0 Å². The molecule has 2 nitrogen and oxygen atoms in total. The second-order valence-corrected chi connectivity index (χ2v) is 2.09. The molecular formula is C6H16N2. The quantitative estimate of drug-likeness (QED) is 0.538. The topological polar surface area (TPSA) is 15.3 Å². The van der Waals surface area contributed by atoms with Gasteiger partial charge in [0.1, 0.15) is 0 Å². The average molecular weight is 116 g/mol. The van der Waals surface area contributed by atoms with Gasteiger partial charge in [-0.05, 0) is 27.1 Å². The zero-order valence-corrected chi connectivity index (χ0v) is 6.07. The van der Waals surface area contributed by atoms with Crippen molar-refractivity contribution in [3.8, 4) is 0 Å². The summed E-state index contributed by atoms with van der Waals surface area (Å²) in [7, 11) is 4.08. The van der Waals surface area contributed by atoms with E-state index >= 15 is 0 Å². The first-order valence-corrected chi connectivity index (χ1v) is 3.14. The highest BCUT2D eigenvalue weighted by molar-refractivity contribution is 4.43. The molecule has 0 amide bonds. The van der Waals surface area contributed by atoms with Crippen molar-refractivity contribution in [3.63, 3.8) is 0 Å². The maximum atomic E-state index is 3.08. The molecule has 0 spiro atoms. The summed E-state index contributed by atoms with van der Waals surface area (Å²) in [6.45, 7) is 4.36. The molecule has 0 radical (unpaired) electrons. The van der Waals surface area contributed by atoms with Crippen molar-refractivity contribution in [1.82, 2.24) is 10.2 Å². The summed E-state index contributed by atoms with van der Waals surface area (Å²) < 4.78 is 0. The molecule has 50 valence electrons. The third kappa shape index (κ3) is 4.09. The standard InChI is InChI=1S/C6H16N2/c1-4-5-8(3)6-7-2/h7H,4-6H2,1-3H3. The molecule has 0 atom stereocenters. The Morgan fingerprint density at radius 3 is 2.50 bits per heavy atom. The summed E-state index contributed by atoms with van der Waals surface area (Å²) in [5.41, 5.74) is 0. The second kappa shape index (κ2) is 5.06. The van der Waals surface area contributed by atoms with Crippen molar-refractivity contribution in [2.24, 2.45) is 0 Å². The first-order valence-electron chi connectivity index (χ1n) is 3.14. The molecule has 0 fully saturated rings. The van der Waals surface area contributed by atoms with Gasteiger partial charge < -0.3 is 5.32 Å². The van der Waals surface area contributed by atoms with E-state index in [0.29, 0.717) is 0 Å². The third-order valence-corrected chi connectivity index (χ3v) is 1.03. The van der Waals surface area contributed by atoms with Crippen LogP contribution in [-0.2, 0) is 0 Å². The average Bonchev–Trinajstić information content (AvgIpc) is 1.68. The van der Waals surface area contributed by atoms with Crippen LogP contribution in [0.4, 0.5) is 0 Å². The van der Waals surface area contributed by atoms with Gasteiger partial charge in [0.2, 0.25) is 0 Å². The van der Waals surface area contributed by atoms with Crippen molar-refractivity contribution < 1.29 is 0 Å². The van der Waals surface area contributed by atoms with Crippen molar-refractivity contribution in [3.05, 3.63) is 0 Å². The highest BCUT2D eigenvalue weighted by atomic mass is 15.2. The Morgan fingerprint density at radius 2 is 2.12 bits per heavy atom. The van der Waals surface area contributed by atoms with Crippen LogP contribution in [0.3, 0.4) is 0 Å². The monoisotopic (exact) mass is 116 g/mol. The van der Waals surface area contributed by atoms with Crippen molar-refractivity contribution >= 4 is 0 Å². The summed E-state index contributed by atoms with van der Waals surface area (Å²) >= 11 is 0. The Balaban J connectivity index is 2.92. The zero-order chi connectivity index (χ0) is 6.41. The molecule has 0 saturated heterocycles. The maximum Gasteiger partial charge on any atom is 0.0475 e. The minimum absolute atomic E-state index is 0.994. The van der Waals surface area contributed by atoms with Gasteiger partial charge in [0.25, 0.3) is 0 Å². The summed E-state index contributed by atoms with van der Waals surface area (Å²) in [5.74, 6) is 0. The number of rotatable bonds is 4. The summed E-state index contributed by atoms with van der Waals surface area (Å²) in [6.07, 6.45) is 1.23. The molecule has 0 aromatic carbocycles. The van der Waals surface area contributed by atoms with Crippen LogP contribution in [0.15, 0.2) is 0 Å². The van der Waals surface area contributed by atoms with E-state index in [1.54, 1.807) is 0 Å². The van der Waals surface area contributed by atoms with Gasteiger partial charge in [0, 0.05) is 6.67 Å². The normalized spacial score (nSPS) is 10.5. The summed E-state index contributed by atoms with van der Waals surface area (Å²) in [5, 5.41) is 3.08. The number of hydrogen-bond donors (Lipinski definition) is 1. The van der Waals surface area contributed by atoms with Gasteiger partial charge >= 0.3 is 0 Å². The Labute approximate surface area is 51.9 Å². The molecule has 8 heavy (non-hydrogen) atoms. The van der Waals surface area contributed by atoms with Gasteiger partial charge in [-0.25, -0.2) is 0 Å². The fourth-order valence-corrected chi connectivity index (χ4v) is 0.731. The van der Waals surface area contributed by atoms with Crippen LogP contribution >= 0.6 is 0 Å². The van der Waals surface area contributed by atoms with Crippen molar-refractivity contribution in [2.75, 3.05) is 27.3 Å². The van der Waals surface area contributed by atoms with E-state index in [9.17, 15) is 0 Å². The number of nitrogens with zero attached hydrogens (tertiary/aromatic N) is 1. The smallest absolute Gasteiger partial charge is 0.0475 e. The molecule has 0 aromatic rings. The lowest BCUT2D eigenvalue weighted by atomic mass is 10.5. The second-order valence-electron chi connectivity index (χ2n) is 2.09. The minimum Gasteiger partial charge on any atom is -0.307 e. The molecule has 0 aliphatic carbocycles. The molecule has 0 unspecified atom stereocenters. The lowest BCUT2D eigenvalue weighted by Gasteiger charge is -2.13. The number of hydrogen-bond acceptors (Lipinski definition) is 2. The van der Waals surface area contributed by atoms with Crippen LogP contribution in [0.25, 0.3) is 0 Å². The largest absolute Gasteiger partial charge is 0.307 e. The zero-order valence-electron chi connectivity index (χ0n) is 6.07. The van der Waals surface area contributed by atoms with E-state index in [2.05, 4.69) is 24.2 Å². The van der Waals surface area contributed by atoms with Gasteiger partial charge in [0.05, 0.1) is 0 Å².